The quantitative estimate of drug-likeness (QED) is 0.424. The summed E-state index contributed by atoms with van der Waals surface area (Å²) in [5, 5.41) is 11.6. The number of carboxylic acid groups (broad SMARTS) is 1. The van der Waals surface area contributed by atoms with E-state index < -0.39 is 12.0 Å². The number of hydrogen-bond acceptors (Lipinski definition) is 4. The fraction of sp³-hybridized carbons (Fsp3) is 0.444. The first-order chi connectivity index (χ1) is 8.11. The van der Waals surface area contributed by atoms with E-state index in [1.807, 2.05) is 0 Å². The zero-order valence-electron chi connectivity index (χ0n) is 8.55. The number of amides is 2. The number of β-lactam (4-membered cyclic amide) rings is 1. The first-order valence-electron chi connectivity index (χ1n) is 4.77. The lowest BCUT2D eigenvalue weighted by Gasteiger charge is -2.49. The van der Waals surface area contributed by atoms with Crippen LogP contribution in [0.1, 0.15) is 0 Å². The van der Waals surface area contributed by atoms with Gasteiger partial charge < -0.3 is 10.4 Å². The minimum absolute atomic E-state index is 0.0413. The van der Waals surface area contributed by atoms with Crippen molar-refractivity contribution in [2.24, 2.45) is 0 Å². The second-order valence-corrected chi connectivity index (χ2v) is 5.23. The Morgan fingerprint density at radius 3 is 2.94 bits per heavy atom. The zero-order chi connectivity index (χ0) is 12.6. The Morgan fingerprint density at radius 1 is 1.71 bits per heavy atom. The van der Waals surface area contributed by atoms with Gasteiger partial charge in [0, 0.05) is 11.1 Å². The number of aliphatic carboxylic acids is 1. The number of carbonyl (C=O) groups is 3. The number of fused-ring (bicyclic) bond motifs is 1. The Labute approximate surface area is 110 Å². The Balaban J connectivity index is 2.29. The van der Waals surface area contributed by atoms with Gasteiger partial charge in [0.1, 0.15) is 17.1 Å². The summed E-state index contributed by atoms with van der Waals surface area (Å²) in [6, 6.07) is -0.608. The molecule has 2 aliphatic heterocycles. The Morgan fingerprint density at radius 2 is 2.41 bits per heavy atom. The van der Waals surface area contributed by atoms with Crippen molar-refractivity contribution in [3.05, 3.63) is 11.3 Å². The maximum absolute atomic E-state index is 11.7. The Kier molecular flexibility index (Phi) is 3.43. The Bertz CT molecular complexity index is 425. The molecule has 2 N–H and O–H groups in total. The first-order valence-corrected chi connectivity index (χ1v) is 6.94. The molecule has 0 bridgehead atoms. The summed E-state index contributed by atoms with van der Waals surface area (Å²) >= 11 is 4.66. The summed E-state index contributed by atoms with van der Waals surface area (Å²) < 4.78 is 0. The van der Waals surface area contributed by atoms with E-state index in [1.54, 1.807) is 0 Å². The van der Waals surface area contributed by atoms with E-state index in [2.05, 4.69) is 21.2 Å². The van der Waals surface area contributed by atoms with Gasteiger partial charge in [-0.2, -0.15) is 0 Å². The number of nitrogens with one attached hydrogen (secondary N) is 1. The number of hydrogen-bond donors (Lipinski definition) is 2. The molecule has 2 heterocycles. The number of carbonyl (C=O) groups excluding carboxylic acids is 2. The fourth-order valence-corrected chi connectivity index (χ4v) is 3.96. The smallest absolute Gasteiger partial charge is 0.352 e. The molecule has 17 heavy (non-hydrogen) atoms. The molecule has 0 aliphatic carbocycles. The number of rotatable bonds is 4. The van der Waals surface area contributed by atoms with Gasteiger partial charge in [0.25, 0.3) is 5.91 Å². The fourth-order valence-electron chi connectivity index (χ4n) is 1.88. The van der Waals surface area contributed by atoms with E-state index in [0.29, 0.717) is 23.1 Å². The second kappa shape index (κ2) is 4.69. The zero-order valence-corrected chi connectivity index (χ0v) is 11.0. The standard InChI is InChI=1S/C9H9BrN2O4S/c10-1-4-2-17-8-5(11-3-13)7(14)12(8)6(4)9(15)16/h3,5,8H,1-2H2,(H,11,13)(H,15,16)/t5-,8-/m1/s1. The molecule has 2 atom stereocenters. The van der Waals surface area contributed by atoms with Crippen LogP contribution < -0.4 is 5.32 Å². The maximum atomic E-state index is 11.7. The molecule has 92 valence electrons. The van der Waals surface area contributed by atoms with Crippen LogP contribution in [0.2, 0.25) is 0 Å². The van der Waals surface area contributed by atoms with Crippen LogP contribution in [0.25, 0.3) is 0 Å². The lowest BCUT2D eigenvalue weighted by molar-refractivity contribution is -0.149. The summed E-state index contributed by atoms with van der Waals surface area (Å²) in [5.74, 6) is -0.939. The highest BCUT2D eigenvalue weighted by Gasteiger charge is 2.53. The highest BCUT2D eigenvalue weighted by atomic mass is 79.9. The van der Waals surface area contributed by atoms with Gasteiger partial charge in [-0.1, -0.05) is 15.9 Å². The van der Waals surface area contributed by atoms with Crippen molar-refractivity contribution in [1.29, 1.82) is 0 Å². The van der Waals surface area contributed by atoms with Crippen molar-refractivity contribution in [1.82, 2.24) is 10.2 Å². The minimum Gasteiger partial charge on any atom is -0.477 e. The van der Waals surface area contributed by atoms with Crippen molar-refractivity contribution in [2.75, 3.05) is 11.1 Å². The maximum Gasteiger partial charge on any atom is 0.352 e. The highest BCUT2D eigenvalue weighted by Crippen LogP contribution is 2.40. The summed E-state index contributed by atoms with van der Waals surface area (Å²) in [7, 11) is 0. The monoisotopic (exact) mass is 320 g/mol. The third kappa shape index (κ3) is 1.85. The van der Waals surface area contributed by atoms with Crippen molar-refractivity contribution in [2.45, 2.75) is 11.4 Å². The van der Waals surface area contributed by atoms with Gasteiger partial charge in [-0.3, -0.25) is 14.5 Å². The molecule has 0 aromatic heterocycles. The van der Waals surface area contributed by atoms with Gasteiger partial charge in [-0.25, -0.2) is 4.79 Å². The third-order valence-corrected chi connectivity index (χ3v) is 4.68. The van der Waals surface area contributed by atoms with Crippen LogP contribution >= 0.6 is 27.7 Å². The van der Waals surface area contributed by atoms with Crippen LogP contribution in [-0.4, -0.2) is 50.8 Å². The molecule has 0 radical (unpaired) electrons. The molecule has 2 aliphatic rings. The van der Waals surface area contributed by atoms with Crippen LogP contribution in [0.5, 0.6) is 0 Å². The normalized spacial score (nSPS) is 27.4. The largest absolute Gasteiger partial charge is 0.477 e. The summed E-state index contributed by atoms with van der Waals surface area (Å²) in [6.45, 7) is 0. The van der Waals surface area contributed by atoms with Gasteiger partial charge >= 0.3 is 5.97 Å². The predicted molar refractivity (Wildman–Crippen MR) is 64.5 cm³/mol. The van der Waals surface area contributed by atoms with Gasteiger partial charge in [-0.05, 0) is 5.57 Å². The minimum atomic E-state index is -1.11. The van der Waals surface area contributed by atoms with E-state index in [4.69, 9.17) is 5.11 Å². The molecule has 8 heteroatoms. The molecular formula is C9H9BrN2O4S. The van der Waals surface area contributed by atoms with E-state index in [-0.39, 0.29) is 17.0 Å². The molecule has 0 saturated carbocycles. The molecule has 0 aromatic rings. The van der Waals surface area contributed by atoms with Gasteiger partial charge in [0.2, 0.25) is 6.41 Å². The van der Waals surface area contributed by atoms with Gasteiger partial charge in [-0.15, -0.1) is 11.8 Å². The van der Waals surface area contributed by atoms with Crippen molar-refractivity contribution in [3.8, 4) is 0 Å². The van der Waals surface area contributed by atoms with Crippen LogP contribution in [0.4, 0.5) is 0 Å². The number of nitrogens with zero attached hydrogens (tertiary/aromatic N) is 1. The molecule has 0 unspecified atom stereocenters. The number of halogens is 1. The summed E-state index contributed by atoms with van der Waals surface area (Å²) in [5.41, 5.74) is 0.719. The van der Waals surface area contributed by atoms with E-state index >= 15 is 0 Å². The topological polar surface area (TPSA) is 86.7 Å². The lowest BCUT2D eigenvalue weighted by atomic mass is 10.0. The molecular weight excluding hydrogens is 312 g/mol. The average molecular weight is 321 g/mol. The molecule has 1 saturated heterocycles. The number of alkyl halides is 1. The van der Waals surface area contributed by atoms with Crippen LogP contribution in [0.15, 0.2) is 11.3 Å². The number of thioether (sulfide) groups is 1. The van der Waals surface area contributed by atoms with Gasteiger partial charge in [0.05, 0.1) is 0 Å². The summed E-state index contributed by atoms with van der Waals surface area (Å²) in [4.78, 5) is 34.5. The molecule has 2 amide bonds. The van der Waals surface area contributed by atoms with Crippen LogP contribution in [0.3, 0.4) is 0 Å². The molecule has 6 nitrogen and oxygen atoms in total. The van der Waals surface area contributed by atoms with Gasteiger partial charge in [0.15, 0.2) is 0 Å². The van der Waals surface area contributed by atoms with Crippen molar-refractivity contribution in [3.63, 3.8) is 0 Å². The predicted octanol–water partition coefficient (Wildman–Crippen LogP) is -0.250. The first kappa shape index (κ1) is 12.4. The lowest BCUT2D eigenvalue weighted by Crippen LogP contribution is -2.69. The SMILES string of the molecule is O=CN[C@@H]1C(=O)N2C(C(=O)O)=C(CBr)CS[C@H]12. The molecule has 1 fully saturated rings. The summed E-state index contributed by atoms with van der Waals surface area (Å²) in [6.07, 6.45) is 0.463. The second-order valence-electron chi connectivity index (χ2n) is 3.56. The number of carboxylic acids is 1. The average Bonchev–Trinajstić information content (AvgIpc) is 2.33. The van der Waals surface area contributed by atoms with Crippen molar-refractivity contribution < 1.29 is 19.5 Å². The van der Waals surface area contributed by atoms with E-state index in [9.17, 15) is 14.4 Å². The highest BCUT2D eigenvalue weighted by molar-refractivity contribution is 9.09. The van der Waals surface area contributed by atoms with E-state index in [1.165, 1.54) is 16.7 Å². The Hall–Kier alpha value is -1.02. The van der Waals surface area contributed by atoms with Crippen molar-refractivity contribution >= 4 is 46.0 Å². The van der Waals surface area contributed by atoms with Crippen LogP contribution in [-0.2, 0) is 14.4 Å². The third-order valence-electron chi connectivity index (χ3n) is 2.66. The van der Waals surface area contributed by atoms with Crippen LogP contribution in [0, 0.1) is 0 Å². The molecule has 2 rings (SSSR count). The molecule has 0 spiro atoms. The van der Waals surface area contributed by atoms with E-state index in [0.717, 1.165) is 0 Å². The molecule has 0 aromatic carbocycles.